The Kier molecular flexibility index (Phi) is 6.31. The molecule has 0 aliphatic carbocycles. The number of hydrogen-bond acceptors (Lipinski definition) is 5. The van der Waals surface area contributed by atoms with Gasteiger partial charge in [0.1, 0.15) is 17.8 Å². The van der Waals surface area contributed by atoms with E-state index in [1.165, 1.54) is 4.90 Å². The maximum absolute atomic E-state index is 14.0. The fourth-order valence-electron chi connectivity index (χ4n) is 6.21. The monoisotopic (exact) mass is 553 g/mol. The molecule has 1 N–H and O–H groups in total. The number of ether oxygens (including phenoxy) is 1. The van der Waals surface area contributed by atoms with Crippen molar-refractivity contribution < 1.29 is 24.2 Å². The quantitative estimate of drug-likeness (QED) is 0.0895. The molecule has 0 atom stereocenters. The Balaban J connectivity index is 1.46. The van der Waals surface area contributed by atoms with Crippen LogP contribution in [-0.2, 0) is 4.79 Å². The van der Waals surface area contributed by atoms with Gasteiger partial charge in [-0.3, -0.25) is 9.59 Å². The van der Waals surface area contributed by atoms with Crippen molar-refractivity contribution in [1.29, 1.82) is 0 Å². The molecule has 6 heteroatoms. The zero-order chi connectivity index (χ0) is 28.8. The SMILES string of the molecule is O=CCCCCCOc1ccc2c(ccc3c4c(c5ccc6cc(O)ccc6c5c32)C(=O)N(c2ccccc2)C4=O)c1. The Bertz CT molecular complexity index is 2070. The molecule has 0 spiro atoms. The molecular formula is C36H27NO5. The molecule has 2 amide bonds. The summed E-state index contributed by atoms with van der Waals surface area (Å²) in [4.78, 5) is 39.8. The van der Waals surface area contributed by atoms with E-state index in [1.54, 1.807) is 24.3 Å². The number of carbonyl (C=O) groups excluding carboxylic acids is 3. The molecule has 0 bridgehead atoms. The van der Waals surface area contributed by atoms with Crippen LogP contribution in [0.5, 0.6) is 11.5 Å². The number of para-hydroxylation sites is 1. The molecule has 206 valence electrons. The van der Waals surface area contributed by atoms with Crippen molar-refractivity contribution in [2.75, 3.05) is 11.5 Å². The highest BCUT2D eigenvalue weighted by Gasteiger charge is 2.40. The summed E-state index contributed by atoms with van der Waals surface area (Å²) in [6, 6.07) is 27.9. The number of fused-ring (bicyclic) bond motifs is 10. The van der Waals surface area contributed by atoms with Crippen LogP contribution in [0.3, 0.4) is 0 Å². The molecule has 6 nitrogen and oxygen atoms in total. The summed E-state index contributed by atoms with van der Waals surface area (Å²) in [5.41, 5.74) is 1.33. The number of benzene rings is 6. The zero-order valence-corrected chi connectivity index (χ0v) is 22.8. The van der Waals surface area contributed by atoms with Crippen molar-refractivity contribution in [3.63, 3.8) is 0 Å². The first-order chi connectivity index (χ1) is 20.6. The van der Waals surface area contributed by atoms with Crippen LogP contribution in [0, 0.1) is 0 Å². The summed E-state index contributed by atoms with van der Waals surface area (Å²) in [6.45, 7) is 0.564. The van der Waals surface area contributed by atoms with Gasteiger partial charge in [-0.05, 0) is 98.8 Å². The second-order valence-corrected chi connectivity index (χ2v) is 10.7. The molecule has 7 rings (SSSR count). The number of phenols is 1. The molecule has 0 aromatic heterocycles. The standard InChI is InChI=1S/C36H27NO5/c38-18-6-1-2-7-19-42-26-13-17-28-23(21-26)11-15-30-32(28)31-27-16-12-25(39)20-22(27)10-14-29(31)33-34(30)36(41)37(35(33)40)24-8-4-3-5-9-24/h3-5,8-18,20-21,39H,1-2,6-7,19H2. The lowest BCUT2D eigenvalue weighted by molar-refractivity contribution is -0.107. The molecule has 6 aromatic rings. The van der Waals surface area contributed by atoms with E-state index < -0.39 is 0 Å². The highest BCUT2D eigenvalue weighted by Crippen LogP contribution is 2.45. The number of anilines is 1. The topological polar surface area (TPSA) is 83.9 Å². The van der Waals surface area contributed by atoms with Gasteiger partial charge in [0, 0.05) is 6.42 Å². The van der Waals surface area contributed by atoms with Gasteiger partial charge in [-0.1, -0.05) is 54.6 Å². The second kappa shape index (κ2) is 10.3. The highest BCUT2D eigenvalue weighted by atomic mass is 16.5. The maximum atomic E-state index is 14.0. The van der Waals surface area contributed by atoms with Gasteiger partial charge >= 0.3 is 0 Å². The maximum Gasteiger partial charge on any atom is 0.266 e. The molecule has 0 saturated heterocycles. The van der Waals surface area contributed by atoms with Crippen LogP contribution in [0.15, 0.2) is 91.0 Å². The highest BCUT2D eigenvalue weighted by molar-refractivity contribution is 6.45. The number of aldehydes is 1. The van der Waals surface area contributed by atoms with Crippen molar-refractivity contribution in [2.45, 2.75) is 25.7 Å². The summed E-state index contributed by atoms with van der Waals surface area (Å²) in [6.07, 6.45) is 4.19. The molecular weight excluding hydrogens is 526 g/mol. The lowest BCUT2D eigenvalue weighted by Crippen LogP contribution is -2.29. The van der Waals surface area contributed by atoms with Crippen molar-refractivity contribution in [3.8, 4) is 11.5 Å². The van der Waals surface area contributed by atoms with Gasteiger partial charge in [-0.2, -0.15) is 0 Å². The van der Waals surface area contributed by atoms with Crippen LogP contribution >= 0.6 is 0 Å². The van der Waals surface area contributed by atoms with Gasteiger partial charge in [0.15, 0.2) is 0 Å². The number of unbranched alkanes of at least 4 members (excludes halogenated alkanes) is 3. The Hall–Kier alpha value is -5.23. The number of amides is 2. The average Bonchev–Trinajstić information content (AvgIpc) is 3.28. The van der Waals surface area contributed by atoms with Gasteiger partial charge in [-0.25, -0.2) is 4.90 Å². The summed E-state index contributed by atoms with van der Waals surface area (Å²) in [5.74, 6) is 0.224. The number of aromatic hydroxyl groups is 1. The van der Waals surface area contributed by atoms with Gasteiger partial charge in [0.05, 0.1) is 23.4 Å². The molecule has 6 aromatic carbocycles. The molecule has 1 aliphatic rings. The lowest BCUT2D eigenvalue weighted by atomic mass is 9.87. The normalized spacial score (nSPS) is 13.0. The van der Waals surface area contributed by atoms with Gasteiger partial charge in [-0.15, -0.1) is 0 Å². The average molecular weight is 554 g/mol. The lowest BCUT2D eigenvalue weighted by Gasteiger charge is -2.15. The number of carbonyl (C=O) groups is 3. The van der Waals surface area contributed by atoms with Crippen molar-refractivity contribution in [1.82, 2.24) is 0 Å². The van der Waals surface area contributed by atoms with E-state index in [0.29, 0.717) is 40.6 Å². The minimum Gasteiger partial charge on any atom is -0.508 e. The predicted octanol–water partition coefficient (Wildman–Crippen LogP) is 7.94. The summed E-state index contributed by atoms with van der Waals surface area (Å²) < 4.78 is 6.02. The molecule has 1 aliphatic heterocycles. The number of nitrogens with zero attached hydrogens (tertiary/aromatic N) is 1. The fourth-order valence-corrected chi connectivity index (χ4v) is 6.21. The van der Waals surface area contributed by atoms with Gasteiger partial charge < -0.3 is 14.6 Å². The number of hydrogen-bond donors (Lipinski definition) is 1. The number of rotatable bonds is 8. The Morgan fingerprint density at radius 1 is 0.667 bits per heavy atom. The van der Waals surface area contributed by atoms with Crippen molar-refractivity contribution >= 4 is 66.9 Å². The molecule has 1 heterocycles. The Labute approximate surface area is 241 Å². The van der Waals surface area contributed by atoms with Crippen LogP contribution in [0.2, 0.25) is 0 Å². The first-order valence-corrected chi connectivity index (χ1v) is 14.1. The molecule has 0 unspecified atom stereocenters. The first kappa shape index (κ1) is 25.7. The van der Waals surface area contributed by atoms with E-state index in [0.717, 1.165) is 63.6 Å². The molecule has 42 heavy (non-hydrogen) atoms. The van der Waals surface area contributed by atoms with Gasteiger partial charge in [0.2, 0.25) is 0 Å². The van der Waals surface area contributed by atoms with E-state index in [4.69, 9.17) is 4.74 Å². The first-order valence-electron chi connectivity index (χ1n) is 14.1. The summed E-state index contributed by atoms with van der Waals surface area (Å²) >= 11 is 0. The minimum atomic E-state index is -0.344. The van der Waals surface area contributed by atoms with E-state index >= 15 is 0 Å². The minimum absolute atomic E-state index is 0.159. The van der Waals surface area contributed by atoms with E-state index in [1.807, 2.05) is 66.7 Å². The van der Waals surface area contributed by atoms with E-state index in [-0.39, 0.29) is 17.6 Å². The number of phenolic OH excluding ortho intramolecular Hbond substituents is 1. The van der Waals surface area contributed by atoms with E-state index in [9.17, 15) is 19.5 Å². The van der Waals surface area contributed by atoms with Crippen molar-refractivity contribution in [2.24, 2.45) is 0 Å². The predicted molar refractivity (Wildman–Crippen MR) is 166 cm³/mol. The summed E-state index contributed by atoms with van der Waals surface area (Å²) in [7, 11) is 0. The van der Waals surface area contributed by atoms with Crippen LogP contribution in [0.25, 0.3) is 43.1 Å². The third-order valence-electron chi connectivity index (χ3n) is 8.12. The van der Waals surface area contributed by atoms with Crippen LogP contribution in [0.4, 0.5) is 5.69 Å². The van der Waals surface area contributed by atoms with Crippen molar-refractivity contribution in [3.05, 3.63) is 102 Å². The third-order valence-corrected chi connectivity index (χ3v) is 8.12. The third kappa shape index (κ3) is 4.06. The Morgan fingerprint density at radius 2 is 1.29 bits per heavy atom. The molecule has 0 fully saturated rings. The summed E-state index contributed by atoms with van der Waals surface area (Å²) in [5, 5.41) is 17.0. The molecule has 0 saturated carbocycles. The number of imide groups is 1. The van der Waals surface area contributed by atoms with Crippen LogP contribution < -0.4 is 9.64 Å². The largest absolute Gasteiger partial charge is 0.508 e. The molecule has 0 radical (unpaired) electrons. The van der Waals surface area contributed by atoms with Gasteiger partial charge in [0.25, 0.3) is 11.8 Å². The van der Waals surface area contributed by atoms with E-state index in [2.05, 4.69) is 0 Å². The fraction of sp³-hybridized carbons (Fsp3) is 0.139. The second-order valence-electron chi connectivity index (χ2n) is 10.7. The Morgan fingerprint density at radius 3 is 1.95 bits per heavy atom. The van der Waals surface area contributed by atoms with Crippen LogP contribution in [-0.4, -0.2) is 29.8 Å². The van der Waals surface area contributed by atoms with Crippen LogP contribution in [0.1, 0.15) is 46.4 Å². The zero-order valence-electron chi connectivity index (χ0n) is 22.8. The smallest absolute Gasteiger partial charge is 0.266 e.